The van der Waals surface area contributed by atoms with E-state index in [1.807, 2.05) is 0 Å². The van der Waals surface area contributed by atoms with Gasteiger partial charge in [0.05, 0.1) is 16.9 Å². The first-order valence-electron chi connectivity index (χ1n) is 13.3. The highest BCUT2D eigenvalue weighted by Gasteiger charge is 2.37. The SMILES string of the molecule is CC(C)(C)c1ccc(CNCCCN(Cc2cc(C(F)(F)F)cc(C(F)(F)F)c2)c2ccc(SCC(=O)O)cc2)cc1. The van der Waals surface area contributed by atoms with Crippen molar-refractivity contribution in [2.45, 2.75) is 62.9 Å². The minimum atomic E-state index is -4.93. The Morgan fingerprint density at radius 3 is 1.88 bits per heavy atom. The zero-order valence-electron chi connectivity index (χ0n) is 23.6. The summed E-state index contributed by atoms with van der Waals surface area (Å²) >= 11 is 1.11. The molecular formula is C31H34F6N2O2S. The molecule has 0 spiro atoms. The van der Waals surface area contributed by atoms with Gasteiger partial charge in [0.25, 0.3) is 0 Å². The maximum Gasteiger partial charge on any atom is 0.416 e. The smallest absolute Gasteiger partial charge is 0.416 e. The number of halogens is 6. The number of benzene rings is 3. The van der Waals surface area contributed by atoms with E-state index in [1.54, 1.807) is 29.2 Å². The first-order chi connectivity index (χ1) is 19.5. The van der Waals surface area contributed by atoms with Gasteiger partial charge in [-0.05, 0) is 77.5 Å². The molecule has 0 heterocycles. The molecule has 0 aliphatic heterocycles. The van der Waals surface area contributed by atoms with Crippen LogP contribution < -0.4 is 10.2 Å². The maximum absolute atomic E-state index is 13.4. The lowest BCUT2D eigenvalue weighted by atomic mass is 9.87. The van der Waals surface area contributed by atoms with Gasteiger partial charge in [0.2, 0.25) is 0 Å². The minimum absolute atomic E-state index is 0.0447. The molecule has 0 aromatic heterocycles. The average Bonchev–Trinajstić information content (AvgIpc) is 2.90. The van der Waals surface area contributed by atoms with Crippen molar-refractivity contribution in [1.82, 2.24) is 5.32 Å². The summed E-state index contributed by atoms with van der Waals surface area (Å²) in [5.41, 5.74) is 0.129. The number of nitrogens with zero attached hydrogens (tertiary/aromatic N) is 1. The van der Waals surface area contributed by atoms with Crippen LogP contribution >= 0.6 is 11.8 Å². The van der Waals surface area contributed by atoms with Crippen LogP contribution in [0.25, 0.3) is 0 Å². The Labute approximate surface area is 246 Å². The highest BCUT2D eigenvalue weighted by molar-refractivity contribution is 8.00. The predicted molar refractivity (Wildman–Crippen MR) is 154 cm³/mol. The van der Waals surface area contributed by atoms with Crippen LogP contribution in [0, 0.1) is 0 Å². The van der Waals surface area contributed by atoms with Gasteiger partial charge >= 0.3 is 18.3 Å². The fourth-order valence-corrected chi connectivity index (χ4v) is 4.90. The third-order valence-corrected chi connectivity index (χ3v) is 7.51. The second-order valence-corrected chi connectivity index (χ2v) is 12.0. The lowest BCUT2D eigenvalue weighted by Crippen LogP contribution is -2.27. The van der Waals surface area contributed by atoms with Crippen molar-refractivity contribution in [3.05, 3.63) is 94.5 Å². The van der Waals surface area contributed by atoms with E-state index in [-0.39, 0.29) is 29.3 Å². The van der Waals surface area contributed by atoms with Crippen molar-refractivity contribution in [1.29, 1.82) is 0 Å². The molecule has 0 saturated heterocycles. The third-order valence-electron chi connectivity index (χ3n) is 6.52. The van der Waals surface area contributed by atoms with E-state index in [1.165, 1.54) is 5.56 Å². The Bertz CT molecular complexity index is 1290. The van der Waals surface area contributed by atoms with E-state index in [9.17, 15) is 31.1 Å². The zero-order valence-corrected chi connectivity index (χ0v) is 24.4. The molecule has 11 heteroatoms. The molecule has 3 aromatic carbocycles. The van der Waals surface area contributed by atoms with Gasteiger partial charge in [-0.1, -0.05) is 45.0 Å². The van der Waals surface area contributed by atoms with Gasteiger partial charge < -0.3 is 15.3 Å². The largest absolute Gasteiger partial charge is 0.481 e. The van der Waals surface area contributed by atoms with E-state index in [2.05, 4.69) is 50.4 Å². The van der Waals surface area contributed by atoms with Gasteiger partial charge in [0.1, 0.15) is 0 Å². The number of carboxylic acids is 1. The van der Waals surface area contributed by atoms with Crippen LogP contribution in [0.1, 0.15) is 55.0 Å². The number of nitrogens with one attached hydrogen (secondary N) is 1. The lowest BCUT2D eigenvalue weighted by Gasteiger charge is -2.26. The van der Waals surface area contributed by atoms with Crippen molar-refractivity contribution in [3.63, 3.8) is 0 Å². The van der Waals surface area contributed by atoms with Gasteiger partial charge in [-0.2, -0.15) is 26.3 Å². The van der Waals surface area contributed by atoms with Gasteiger partial charge in [0, 0.05) is 30.2 Å². The monoisotopic (exact) mass is 612 g/mol. The van der Waals surface area contributed by atoms with Crippen LogP contribution in [0.15, 0.2) is 71.6 Å². The molecule has 0 bridgehead atoms. The van der Waals surface area contributed by atoms with Crippen molar-refractivity contribution in [2.75, 3.05) is 23.7 Å². The van der Waals surface area contributed by atoms with Crippen LogP contribution in [0.4, 0.5) is 32.0 Å². The number of anilines is 1. The third kappa shape index (κ3) is 10.3. The second kappa shape index (κ2) is 13.9. The Hall–Kier alpha value is -3.18. The molecule has 0 amide bonds. The van der Waals surface area contributed by atoms with Gasteiger partial charge in [-0.25, -0.2) is 0 Å². The number of rotatable bonds is 12. The Morgan fingerprint density at radius 1 is 0.810 bits per heavy atom. The van der Waals surface area contributed by atoms with Crippen molar-refractivity contribution in [3.8, 4) is 0 Å². The fourth-order valence-electron chi connectivity index (χ4n) is 4.28. The molecule has 228 valence electrons. The molecule has 0 fully saturated rings. The first kappa shape index (κ1) is 33.3. The number of carboxylic acid groups (broad SMARTS) is 1. The van der Waals surface area contributed by atoms with Crippen LogP contribution in [-0.4, -0.2) is 29.9 Å². The summed E-state index contributed by atoms with van der Waals surface area (Å²) in [6.45, 7) is 7.77. The Balaban J connectivity index is 1.75. The lowest BCUT2D eigenvalue weighted by molar-refractivity contribution is -0.143. The maximum atomic E-state index is 13.4. The van der Waals surface area contributed by atoms with Crippen LogP contribution in [-0.2, 0) is 35.7 Å². The molecule has 2 N–H and O–H groups in total. The Kier molecular flexibility index (Phi) is 11.0. The molecule has 4 nitrogen and oxygen atoms in total. The number of carbonyl (C=O) groups is 1. The normalized spacial score (nSPS) is 12.4. The summed E-state index contributed by atoms with van der Waals surface area (Å²) in [5.74, 6) is -1.12. The van der Waals surface area contributed by atoms with Crippen LogP contribution in [0.3, 0.4) is 0 Å². The number of aliphatic carboxylic acids is 1. The summed E-state index contributed by atoms with van der Waals surface area (Å²) < 4.78 is 80.7. The predicted octanol–water partition coefficient (Wildman–Crippen LogP) is 8.38. The molecule has 42 heavy (non-hydrogen) atoms. The molecule has 0 unspecified atom stereocenters. The molecule has 3 aromatic rings. The molecule has 0 aliphatic rings. The van der Waals surface area contributed by atoms with Gasteiger partial charge in [-0.15, -0.1) is 11.8 Å². The minimum Gasteiger partial charge on any atom is -0.481 e. The van der Waals surface area contributed by atoms with Crippen LogP contribution in [0.5, 0.6) is 0 Å². The average molecular weight is 613 g/mol. The molecule has 0 aliphatic carbocycles. The standard InChI is InChI=1S/C31H34F6N2O2S/c1-29(2,3)23-7-5-21(6-8-23)18-38-13-4-14-39(26-9-11-27(12-10-26)42-20-28(40)41)19-22-15-24(30(32,33)34)17-25(16-22)31(35,36)37/h5-12,15-17,38H,4,13-14,18-20H2,1-3H3,(H,40,41). The summed E-state index contributed by atoms with van der Waals surface area (Å²) in [6, 6.07) is 16.6. The van der Waals surface area contributed by atoms with Crippen molar-refractivity contribution in [2.24, 2.45) is 0 Å². The quantitative estimate of drug-likeness (QED) is 0.122. The molecular weight excluding hydrogens is 578 g/mol. The van der Waals surface area contributed by atoms with Crippen LogP contribution in [0.2, 0.25) is 0 Å². The summed E-state index contributed by atoms with van der Waals surface area (Å²) in [5, 5.41) is 12.2. The number of hydrogen-bond donors (Lipinski definition) is 2. The first-order valence-corrected chi connectivity index (χ1v) is 14.3. The van der Waals surface area contributed by atoms with E-state index < -0.39 is 29.4 Å². The highest BCUT2D eigenvalue weighted by Crippen LogP contribution is 2.37. The summed E-state index contributed by atoms with van der Waals surface area (Å²) in [4.78, 5) is 13.3. The molecule has 0 saturated carbocycles. The number of alkyl halides is 6. The van der Waals surface area contributed by atoms with Gasteiger partial charge in [-0.3, -0.25) is 4.79 Å². The van der Waals surface area contributed by atoms with Gasteiger partial charge in [0.15, 0.2) is 0 Å². The topological polar surface area (TPSA) is 52.6 Å². The van der Waals surface area contributed by atoms with Crippen molar-refractivity contribution < 1.29 is 36.2 Å². The zero-order chi connectivity index (χ0) is 31.1. The Morgan fingerprint density at radius 2 is 1.38 bits per heavy atom. The fraction of sp³-hybridized carbons (Fsp3) is 0.387. The molecule has 3 rings (SSSR count). The summed E-state index contributed by atoms with van der Waals surface area (Å²) in [7, 11) is 0. The van der Waals surface area contributed by atoms with E-state index in [4.69, 9.17) is 5.11 Å². The van der Waals surface area contributed by atoms with E-state index in [0.717, 1.165) is 29.5 Å². The van der Waals surface area contributed by atoms with E-state index >= 15 is 0 Å². The summed E-state index contributed by atoms with van der Waals surface area (Å²) in [6.07, 6.45) is -9.29. The second-order valence-electron chi connectivity index (χ2n) is 11.0. The highest BCUT2D eigenvalue weighted by atomic mass is 32.2. The van der Waals surface area contributed by atoms with E-state index in [0.29, 0.717) is 36.6 Å². The van der Waals surface area contributed by atoms with Crippen molar-refractivity contribution >= 4 is 23.4 Å². The molecule has 0 radical (unpaired) electrons. The number of hydrogen-bond acceptors (Lipinski definition) is 4. The number of thioether (sulfide) groups is 1. The molecule has 0 atom stereocenters.